The fraction of sp³-hybridized carbons (Fsp3) is 0.105. The van der Waals surface area contributed by atoms with Gasteiger partial charge in [-0.05, 0) is 36.6 Å². The third kappa shape index (κ3) is 3.01. The molecule has 26 heavy (non-hydrogen) atoms. The Bertz CT molecular complexity index is 1030. The number of benzene rings is 2. The second-order valence-electron chi connectivity index (χ2n) is 5.99. The molecule has 1 aromatic heterocycles. The minimum Gasteiger partial charge on any atom is -0.507 e. The van der Waals surface area contributed by atoms with Crippen molar-refractivity contribution in [2.45, 2.75) is 12.8 Å². The van der Waals surface area contributed by atoms with Crippen molar-refractivity contribution in [1.29, 1.82) is 0 Å². The van der Waals surface area contributed by atoms with Gasteiger partial charge in [-0.15, -0.1) is 0 Å². The maximum atomic E-state index is 12.5. The second-order valence-corrected chi connectivity index (χ2v) is 6.90. The van der Waals surface area contributed by atoms with Crippen LogP contribution in [0.5, 0.6) is 5.75 Å². The van der Waals surface area contributed by atoms with Gasteiger partial charge in [-0.1, -0.05) is 40.2 Å². The predicted molar refractivity (Wildman–Crippen MR) is 102 cm³/mol. The van der Waals surface area contributed by atoms with Gasteiger partial charge in [0, 0.05) is 21.2 Å². The van der Waals surface area contributed by atoms with Gasteiger partial charge in [0.1, 0.15) is 11.4 Å². The van der Waals surface area contributed by atoms with Crippen molar-refractivity contribution in [1.82, 2.24) is 15.6 Å². The first-order valence-electron chi connectivity index (χ1n) is 8.11. The van der Waals surface area contributed by atoms with Crippen molar-refractivity contribution < 1.29 is 9.90 Å². The van der Waals surface area contributed by atoms with E-state index < -0.39 is 0 Å². The number of hydrogen-bond acceptors (Lipinski definition) is 4. The van der Waals surface area contributed by atoms with Gasteiger partial charge in [-0.2, -0.15) is 10.2 Å². The van der Waals surface area contributed by atoms with E-state index in [2.05, 4.69) is 42.7 Å². The van der Waals surface area contributed by atoms with Crippen molar-refractivity contribution in [3.8, 4) is 17.0 Å². The first-order valence-corrected chi connectivity index (χ1v) is 8.90. The third-order valence-electron chi connectivity index (χ3n) is 4.37. The molecule has 6 nitrogen and oxygen atoms in total. The van der Waals surface area contributed by atoms with Gasteiger partial charge in [-0.25, -0.2) is 5.43 Å². The van der Waals surface area contributed by atoms with Crippen LogP contribution in [0.25, 0.3) is 11.3 Å². The van der Waals surface area contributed by atoms with Crippen LogP contribution in [-0.2, 0) is 12.8 Å². The monoisotopic (exact) mass is 410 g/mol. The van der Waals surface area contributed by atoms with Gasteiger partial charge in [0.25, 0.3) is 5.91 Å². The largest absolute Gasteiger partial charge is 0.507 e. The highest BCUT2D eigenvalue weighted by Crippen LogP contribution is 2.33. The molecule has 1 heterocycles. The lowest BCUT2D eigenvalue weighted by molar-refractivity contribution is 0.0949. The van der Waals surface area contributed by atoms with Crippen molar-refractivity contribution in [3.63, 3.8) is 0 Å². The first-order chi connectivity index (χ1) is 12.6. The number of aromatic nitrogens is 2. The third-order valence-corrected chi connectivity index (χ3v) is 4.86. The van der Waals surface area contributed by atoms with Crippen molar-refractivity contribution >= 4 is 28.1 Å². The number of hydrogen-bond donors (Lipinski definition) is 3. The van der Waals surface area contributed by atoms with Crippen LogP contribution in [0.3, 0.4) is 0 Å². The van der Waals surface area contributed by atoms with Crippen molar-refractivity contribution in [2.24, 2.45) is 5.10 Å². The zero-order valence-corrected chi connectivity index (χ0v) is 15.2. The molecule has 0 saturated heterocycles. The highest BCUT2D eigenvalue weighted by Gasteiger charge is 2.24. The Kier molecular flexibility index (Phi) is 4.30. The molecule has 3 N–H and O–H groups in total. The van der Waals surface area contributed by atoms with Crippen LogP contribution in [0.2, 0.25) is 0 Å². The summed E-state index contributed by atoms with van der Waals surface area (Å²) in [5, 5.41) is 20.9. The van der Waals surface area contributed by atoms with E-state index in [-0.39, 0.29) is 11.7 Å². The number of nitrogens with zero attached hydrogens (tertiary/aromatic N) is 2. The van der Waals surface area contributed by atoms with E-state index in [1.54, 1.807) is 18.2 Å². The molecule has 0 radical (unpaired) electrons. The van der Waals surface area contributed by atoms with E-state index in [1.807, 2.05) is 18.2 Å². The number of carbonyl (C=O) groups excluding carboxylic acids is 1. The summed E-state index contributed by atoms with van der Waals surface area (Å²) in [6.45, 7) is 0. The van der Waals surface area contributed by atoms with Gasteiger partial charge in [0.05, 0.1) is 11.9 Å². The van der Waals surface area contributed by atoms with Crippen LogP contribution < -0.4 is 5.43 Å². The van der Waals surface area contributed by atoms with Crippen LogP contribution in [0, 0.1) is 0 Å². The standard InChI is InChI=1S/C19H15BrN4O2/c20-13-6-8-16(25)12(9-13)10-21-24-19(26)18-15-7-5-11-3-1-2-4-14(11)17(15)22-23-18/h1-4,6,8-10,25H,5,7H2,(H,22,23)(H,24,26)/b21-10-. The molecule has 1 amide bonds. The summed E-state index contributed by atoms with van der Waals surface area (Å²) in [6.07, 6.45) is 3.02. The van der Waals surface area contributed by atoms with Gasteiger partial charge < -0.3 is 5.11 Å². The lowest BCUT2D eigenvalue weighted by Crippen LogP contribution is -2.20. The van der Waals surface area contributed by atoms with Gasteiger partial charge in [0.2, 0.25) is 0 Å². The molecule has 0 fully saturated rings. The number of amides is 1. The molecule has 1 aliphatic carbocycles. The normalized spacial score (nSPS) is 12.7. The maximum absolute atomic E-state index is 12.5. The minimum absolute atomic E-state index is 0.0849. The highest BCUT2D eigenvalue weighted by atomic mass is 79.9. The summed E-state index contributed by atoms with van der Waals surface area (Å²) in [5.41, 5.74) is 7.44. The SMILES string of the molecule is O=C(N/N=C\c1cc(Br)ccc1O)c1[nH]nc2c1CCc1ccccc1-2. The molecule has 7 heteroatoms. The molecule has 0 spiro atoms. The molecule has 0 saturated carbocycles. The van der Waals surface area contributed by atoms with Crippen molar-refractivity contribution in [3.05, 3.63) is 69.3 Å². The van der Waals surface area contributed by atoms with Crippen LogP contribution in [0.4, 0.5) is 0 Å². The Hall–Kier alpha value is -2.93. The summed E-state index contributed by atoms with van der Waals surface area (Å²) in [6, 6.07) is 13.1. The topological polar surface area (TPSA) is 90.4 Å². The molecular weight excluding hydrogens is 396 g/mol. The number of hydrazone groups is 1. The number of phenolic OH excluding ortho intramolecular Hbond substituents is 1. The van der Waals surface area contributed by atoms with E-state index in [0.717, 1.165) is 34.1 Å². The van der Waals surface area contributed by atoms with Crippen molar-refractivity contribution in [2.75, 3.05) is 0 Å². The molecule has 0 unspecified atom stereocenters. The summed E-state index contributed by atoms with van der Waals surface area (Å²) in [4.78, 5) is 12.5. The van der Waals surface area contributed by atoms with E-state index in [0.29, 0.717) is 11.3 Å². The lowest BCUT2D eigenvalue weighted by atomic mass is 9.89. The minimum atomic E-state index is -0.358. The van der Waals surface area contributed by atoms with E-state index >= 15 is 0 Å². The number of H-pyrrole nitrogens is 1. The number of aromatic amines is 1. The average Bonchev–Trinajstić information content (AvgIpc) is 3.09. The Morgan fingerprint density at radius 3 is 3.00 bits per heavy atom. The average molecular weight is 411 g/mol. The van der Waals surface area contributed by atoms with E-state index in [1.165, 1.54) is 11.8 Å². The number of fused-ring (bicyclic) bond motifs is 3. The fourth-order valence-corrected chi connectivity index (χ4v) is 3.47. The number of aromatic hydroxyl groups is 1. The molecular formula is C19H15BrN4O2. The maximum Gasteiger partial charge on any atom is 0.289 e. The Morgan fingerprint density at radius 2 is 2.12 bits per heavy atom. The Morgan fingerprint density at radius 1 is 1.27 bits per heavy atom. The fourth-order valence-electron chi connectivity index (χ4n) is 3.09. The summed E-state index contributed by atoms with van der Waals surface area (Å²) >= 11 is 3.33. The lowest BCUT2D eigenvalue weighted by Gasteiger charge is -2.15. The molecule has 3 aromatic rings. The Balaban J connectivity index is 1.55. The highest BCUT2D eigenvalue weighted by molar-refractivity contribution is 9.10. The zero-order chi connectivity index (χ0) is 18.1. The Labute approximate surface area is 158 Å². The van der Waals surface area contributed by atoms with Crippen LogP contribution in [-0.4, -0.2) is 27.4 Å². The smallest absolute Gasteiger partial charge is 0.289 e. The molecule has 4 rings (SSSR count). The van der Waals surface area contributed by atoms with Crippen LogP contribution in [0.15, 0.2) is 52.0 Å². The number of halogens is 1. The quantitative estimate of drug-likeness (QED) is 0.456. The zero-order valence-electron chi connectivity index (χ0n) is 13.7. The van der Waals surface area contributed by atoms with Gasteiger partial charge in [0.15, 0.2) is 0 Å². The number of phenols is 1. The number of rotatable bonds is 3. The first kappa shape index (κ1) is 16.5. The predicted octanol–water partition coefficient (Wildman–Crippen LogP) is 3.41. The molecule has 2 aromatic carbocycles. The molecule has 1 aliphatic rings. The second kappa shape index (κ2) is 6.76. The summed E-state index contributed by atoms with van der Waals surface area (Å²) in [5.74, 6) is -0.273. The number of carbonyl (C=O) groups is 1. The van der Waals surface area contributed by atoms with Gasteiger partial charge >= 0.3 is 0 Å². The van der Waals surface area contributed by atoms with Crippen LogP contribution in [0.1, 0.15) is 27.2 Å². The summed E-state index contributed by atoms with van der Waals surface area (Å²) in [7, 11) is 0. The van der Waals surface area contributed by atoms with Crippen LogP contribution >= 0.6 is 15.9 Å². The van der Waals surface area contributed by atoms with E-state index in [9.17, 15) is 9.90 Å². The summed E-state index contributed by atoms with van der Waals surface area (Å²) < 4.78 is 0.810. The number of nitrogens with one attached hydrogen (secondary N) is 2. The molecule has 0 bridgehead atoms. The van der Waals surface area contributed by atoms with Gasteiger partial charge in [-0.3, -0.25) is 9.89 Å². The number of aryl methyl sites for hydroxylation is 1. The van der Waals surface area contributed by atoms with E-state index in [4.69, 9.17) is 0 Å². The molecule has 0 atom stereocenters. The molecule has 130 valence electrons. The molecule has 0 aliphatic heterocycles.